The predicted molar refractivity (Wildman–Crippen MR) is 116 cm³/mol. The molecule has 0 radical (unpaired) electrons. The minimum atomic E-state index is -0.593. The zero-order valence-corrected chi connectivity index (χ0v) is 16.6. The number of piperazine rings is 1. The minimum Gasteiger partial charge on any atom is -0.382 e. The number of anilines is 1. The highest BCUT2D eigenvalue weighted by atomic mass is 19.1. The second kappa shape index (κ2) is 7.77. The van der Waals surface area contributed by atoms with Crippen LogP contribution in [-0.4, -0.2) is 56.9 Å². The third-order valence-corrected chi connectivity index (χ3v) is 5.31. The first-order chi connectivity index (χ1) is 15.1. The summed E-state index contributed by atoms with van der Waals surface area (Å²) < 4.78 is 14.8. The Bertz CT molecular complexity index is 1250. The zero-order valence-electron chi connectivity index (χ0n) is 16.6. The lowest BCUT2D eigenvalue weighted by Crippen LogP contribution is -2.46. The lowest BCUT2D eigenvalue weighted by atomic mass is 10.1. The molecule has 4 aromatic rings. The van der Waals surface area contributed by atoms with Crippen LogP contribution in [0.3, 0.4) is 0 Å². The van der Waals surface area contributed by atoms with Crippen LogP contribution < -0.4 is 11.1 Å². The minimum absolute atomic E-state index is 0.0477. The highest BCUT2D eigenvalue weighted by molar-refractivity contribution is 5.95. The molecule has 3 heterocycles. The van der Waals surface area contributed by atoms with E-state index in [-0.39, 0.29) is 17.3 Å². The number of hydrogen-bond acceptors (Lipinski definition) is 6. The molecule has 8 nitrogen and oxygen atoms in total. The maximum Gasteiger partial charge on any atom is 0.256 e. The van der Waals surface area contributed by atoms with Crippen molar-refractivity contribution in [2.75, 3.05) is 31.9 Å². The maximum atomic E-state index is 14.8. The predicted octanol–water partition coefficient (Wildman–Crippen LogP) is 2.45. The topological polar surface area (TPSA) is 113 Å². The van der Waals surface area contributed by atoms with Gasteiger partial charge in [-0.1, -0.05) is 18.2 Å². The third-order valence-electron chi connectivity index (χ3n) is 5.31. The van der Waals surface area contributed by atoms with Gasteiger partial charge in [0.1, 0.15) is 11.5 Å². The van der Waals surface area contributed by atoms with E-state index in [0.717, 1.165) is 11.0 Å². The van der Waals surface area contributed by atoms with E-state index in [1.54, 1.807) is 11.0 Å². The summed E-state index contributed by atoms with van der Waals surface area (Å²) in [5.74, 6) is -0.199. The average Bonchev–Trinajstić information content (AvgIpc) is 3.23. The summed E-state index contributed by atoms with van der Waals surface area (Å²) in [5.41, 5.74) is 9.04. The molecule has 1 saturated heterocycles. The Hall–Kier alpha value is -3.85. The van der Waals surface area contributed by atoms with Crippen molar-refractivity contribution in [1.82, 2.24) is 30.2 Å². The van der Waals surface area contributed by atoms with Crippen LogP contribution in [0.5, 0.6) is 0 Å². The van der Waals surface area contributed by atoms with Crippen molar-refractivity contribution in [3.63, 3.8) is 0 Å². The summed E-state index contributed by atoms with van der Waals surface area (Å²) in [6.07, 6.45) is 1.48. The number of aromatic nitrogens is 4. The molecule has 5 rings (SSSR count). The number of fused-ring (bicyclic) bond motifs is 1. The molecule has 0 atom stereocenters. The van der Waals surface area contributed by atoms with Crippen LogP contribution in [0.2, 0.25) is 0 Å². The number of imidazole rings is 1. The molecular formula is C22H20FN7O. The molecule has 0 bridgehead atoms. The van der Waals surface area contributed by atoms with Crippen LogP contribution in [0.1, 0.15) is 10.4 Å². The summed E-state index contributed by atoms with van der Waals surface area (Å²) in [6, 6.07) is 12.1. The van der Waals surface area contributed by atoms with E-state index in [1.807, 2.05) is 24.3 Å². The Morgan fingerprint density at radius 2 is 1.90 bits per heavy atom. The number of benzene rings is 2. The van der Waals surface area contributed by atoms with Crippen LogP contribution in [0.15, 0.2) is 48.7 Å². The van der Waals surface area contributed by atoms with Gasteiger partial charge in [0.2, 0.25) is 0 Å². The molecule has 2 aromatic heterocycles. The number of nitrogen functional groups attached to an aromatic ring is 1. The van der Waals surface area contributed by atoms with E-state index in [1.165, 1.54) is 18.3 Å². The van der Waals surface area contributed by atoms with Crippen LogP contribution >= 0.6 is 0 Å². The Kier molecular flexibility index (Phi) is 4.79. The van der Waals surface area contributed by atoms with Crippen molar-refractivity contribution in [2.45, 2.75) is 0 Å². The molecule has 0 saturated carbocycles. The summed E-state index contributed by atoms with van der Waals surface area (Å²) in [6.45, 7) is 2.53. The molecule has 0 spiro atoms. The molecule has 1 amide bonds. The number of rotatable bonds is 3. The van der Waals surface area contributed by atoms with Crippen molar-refractivity contribution < 1.29 is 9.18 Å². The molecule has 1 fully saturated rings. The van der Waals surface area contributed by atoms with Gasteiger partial charge in [0.25, 0.3) is 5.91 Å². The van der Waals surface area contributed by atoms with Gasteiger partial charge >= 0.3 is 0 Å². The van der Waals surface area contributed by atoms with Gasteiger partial charge in [-0.25, -0.2) is 19.3 Å². The molecule has 31 heavy (non-hydrogen) atoms. The first-order valence-corrected chi connectivity index (χ1v) is 9.98. The van der Waals surface area contributed by atoms with Gasteiger partial charge in [-0.3, -0.25) is 4.79 Å². The molecule has 156 valence electrons. The molecule has 9 heteroatoms. The Morgan fingerprint density at radius 3 is 2.68 bits per heavy atom. The number of carbonyl (C=O) groups excluding carboxylic acids is 1. The quantitative estimate of drug-likeness (QED) is 0.472. The van der Waals surface area contributed by atoms with Gasteiger partial charge in [0.05, 0.1) is 28.5 Å². The van der Waals surface area contributed by atoms with Crippen LogP contribution in [-0.2, 0) is 0 Å². The van der Waals surface area contributed by atoms with Crippen molar-refractivity contribution in [3.8, 4) is 22.8 Å². The van der Waals surface area contributed by atoms with Crippen molar-refractivity contribution >= 4 is 22.8 Å². The monoisotopic (exact) mass is 417 g/mol. The van der Waals surface area contributed by atoms with Crippen LogP contribution in [0.25, 0.3) is 33.8 Å². The number of nitrogens with zero attached hydrogens (tertiary/aromatic N) is 4. The van der Waals surface area contributed by atoms with Crippen LogP contribution in [0.4, 0.5) is 10.2 Å². The second-order valence-corrected chi connectivity index (χ2v) is 7.33. The average molecular weight is 417 g/mol. The van der Waals surface area contributed by atoms with Crippen molar-refractivity contribution in [2.24, 2.45) is 0 Å². The largest absolute Gasteiger partial charge is 0.382 e. The molecule has 1 aliphatic rings. The highest BCUT2D eigenvalue weighted by Crippen LogP contribution is 2.27. The van der Waals surface area contributed by atoms with E-state index < -0.39 is 5.82 Å². The van der Waals surface area contributed by atoms with E-state index in [4.69, 9.17) is 5.73 Å². The van der Waals surface area contributed by atoms with Crippen LogP contribution in [0, 0.1) is 5.82 Å². The maximum absolute atomic E-state index is 14.8. The van der Waals surface area contributed by atoms with Crippen molar-refractivity contribution in [1.29, 1.82) is 0 Å². The second-order valence-electron chi connectivity index (χ2n) is 7.33. The van der Waals surface area contributed by atoms with Gasteiger partial charge in [-0.2, -0.15) is 0 Å². The number of halogens is 1. The lowest BCUT2D eigenvalue weighted by molar-refractivity contribution is 0.0731. The number of nitrogens with one attached hydrogen (secondary N) is 2. The summed E-state index contributed by atoms with van der Waals surface area (Å²) in [7, 11) is 0. The van der Waals surface area contributed by atoms with Gasteiger partial charge in [-0.05, 0) is 24.3 Å². The Labute approximate surface area is 177 Å². The number of hydrogen-bond donors (Lipinski definition) is 3. The first-order valence-electron chi connectivity index (χ1n) is 9.98. The van der Waals surface area contributed by atoms with E-state index in [9.17, 15) is 9.18 Å². The molecule has 0 unspecified atom stereocenters. The number of para-hydroxylation sites is 2. The number of aromatic amines is 1. The number of amides is 1. The highest BCUT2D eigenvalue weighted by Gasteiger charge is 2.22. The zero-order chi connectivity index (χ0) is 21.4. The molecule has 0 aliphatic carbocycles. The summed E-state index contributed by atoms with van der Waals surface area (Å²) >= 11 is 0. The fraction of sp³-hybridized carbons (Fsp3) is 0.182. The first kappa shape index (κ1) is 19.1. The smallest absolute Gasteiger partial charge is 0.256 e. The number of H-pyrrole nitrogens is 1. The fourth-order valence-corrected chi connectivity index (χ4v) is 3.66. The number of nitrogens with two attached hydrogens (primary N) is 1. The van der Waals surface area contributed by atoms with Gasteiger partial charge in [0.15, 0.2) is 11.6 Å². The standard InChI is InChI=1S/C22H20FN7O/c23-15-11-13(5-6-14(15)22(31)30-9-7-25-8-10-30)18-12-26-20(24)19(27-18)21-28-16-3-1-2-4-17(16)29-21/h1-6,11-12,25H,7-10H2,(H2,24,26)(H,28,29). The van der Waals surface area contributed by atoms with Gasteiger partial charge in [-0.15, -0.1) is 0 Å². The van der Waals surface area contributed by atoms with E-state index >= 15 is 0 Å². The molecule has 4 N–H and O–H groups in total. The van der Waals surface area contributed by atoms with Gasteiger partial charge < -0.3 is 20.9 Å². The van der Waals surface area contributed by atoms with Gasteiger partial charge in [0, 0.05) is 31.7 Å². The lowest BCUT2D eigenvalue weighted by Gasteiger charge is -2.27. The third kappa shape index (κ3) is 3.59. The van der Waals surface area contributed by atoms with E-state index in [2.05, 4.69) is 25.3 Å². The Morgan fingerprint density at radius 1 is 1.10 bits per heavy atom. The Balaban J connectivity index is 1.48. The summed E-state index contributed by atoms with van der Waals surface area (Å²) in [4.78, 5) is 30.8. The number of carbonyl (C=O) groups is 1. The van der Waals surface area contributed by atoms with Crippen molar-refractivity contribution in [3.05, 3.63) is 60.0 Å². The SMILES string of the molecule is Nc1ncc(-c2ccc(C(=O)N3CCNCC3)c(F)c2)nc1-c1nc2ccccc2[nH]1. The molecule has 2 aromatic carbocycles. The molecule has 1 aliphatic heterocycles. The van der Waals surface area contributed by atoms with E-state index in [0.29, 0.717) is 49.0 Å². The normalized spacial score (nSPS) is 14.2. The molecular weight excluding hydrogens is 397 g/mol. The fourth-order valence-electron chi connectivity index (χ4n) is 3.66. The summed E-state index contributed by atoms with van der Waals surface area (Å²) in [5, 5.41) is 3.18.